The molecule has 5 nitrogen and oxygen atoms in total. The van der Waals surface area contributed by atoms with Gasteiger partial charge in [-0.1, -0.05) is 13.3 Å². The normalized spacial score (nSPS) is 13.2. The molecule has 6 heteroatoms. The Kier molecular flexibility index (Phi) is 6.25. The zero-order valence-electron chi connectivity index (χ0n) is 9.86. The minimum atomic E-state index is -3.73. The smallest absolute Gasteiger partial charge is 0.302 e. The third-order valence-corrected chi connectivity index (χ3v) is 4.35. The van der Waals surface area contributed by atoms with Crippen LogP contribution in [0.3, 0.4) is 0 Å². The van der Waals surface area contributed by atoms with Gasteiger partial charge in [0.2, 0.25) is 15.0 Å². The van der Waals surface area contributed by atoms with Gasteiger partial charge in [0.25, 0.3) is 0 Å². The van der Waals surface area contributed by atoms with E-state index in [4.69, 9.17) is 0 Å². The lowest BCUT2D eigenvalue weighted by atomic mass is 10.2. The maximum absolute atomic E-state index is 11.6. The molecule has 0 spiro atoms. The fourth-order valence-corrected chi connectivity index (χ4v) is 2.77. The van der Waals surface area contributed by atoms with Crippen molar-refractivity contribution in [2.45, 2.75) is 45.3 Å². The summed E-state index contributed by atoms with van der Waals surface area (Å²) >= 11 is 0. The number of esters is 1. The molecule has 0 radical (unpaired) electrons. The Morgan fingerprint density at radius 1 is 1.19 bits per heavy atom. The van der Waals surface area contributed by atoms with Crippen LogP contribution < -0.4 is 0 Å². The van der Waals surface area contributed by atoms with Gasteiger partial charge in [0.1, 0.15) is 0 Å². The fraction of sp³-hybridized carbons (Fsp3) is 0.800. The third-order valence-electron chi connectivity index (χ3n) is 2.20. The highest BCUT2D eigenvalue weighted by atomic mass is 32.2. The number of ether oxygens (including phenoxy) is 1. The SMILES string of the molecule is CCCC(CCOC(C)=O)S(=O)(=O)C(C)=O. The molecule has 0 N–H and O–H groups in total. The van der Waals surface area contributed by atoms with Crippen molar-refractivity contribution in [3.8, 4) is 0 Å². The summed E-state index contributed by atoms with van der Waals surface area (Å²) in [7, 11) is -3.73. The predicted octanol–water partition coefficient (Wildman–Crippen LogP) is 1.07. The quantitative estimate of drug-likeness (QED) is 0.659. The van der Waals surface area contributed by atoms with Crippen LogP contribution in [-0.4, -0.2) is 31.4 Å². The minimum absolute atomic E-state index is 0.0342. The molecule has 0 saturated heterocycles. The Morgan fingerprint density at radius 2 is 1.75 bits per heavy atom. The van der Waals surface area contributed by atoms with Crippen molar-refractivity contribution in [1.29, 1.82) is 0 Å². The Hall–Kier alpha value is -0.910. The molecule has 0 rings (SSSR count). The van der Waals surface area contributed by atoms with E-state index in [1.54, 1.807) is 0 Å². The average Bonchev–Trinajstić information content (AvgIpc) is 2.15. The van der Waals surface area contributed by atoms with E-state index in [1.165, 1.54) is 6.92 Å². The first kappa shape index (κ1) is 15.1. The number of carbonyl (C=O) groups excluding carboxylic acids is 2. The summed E-state index contributed by atoms with van der Waals surface area (Å²) in [4.78, 5) is 21.5. The first-order valence-corrected chi connectivity index (χ1v) is 6.74. The largest absolute Gasteiger partial charge is 0.466 e. The molecule has 0 aliphatic rings. The summed E-state index contributed by atoms with van der Waals surface area (Å²) in [6.07, 6.45) is 1.25. The standard InChI is InChI=1S/C10H18O5S/c1-4-5-10(6-7-15-8(2)11)16(13,14)9(3)12/h10H,4-7H2,1-3H3. The number of hydrogen-bond acceptors (Lipinski definition) is 5. The molecular formula is C10H18O5S. The van der Waals surface area contributed by atoms with Crippen molar-refractivity contribution in [3.05, 3.63) is 0 Å². The molecular weight excluding hydrogens is 232 g/mol. The van der Waals surface area contributed by atoms with E-state index in [2.05, 4.69) is 4.74 Å². The lowest BCUT2D eigenvalue weighted by molar-refractivity contribution is -0.141. The second-order valence-electron chi connectivity index (χ2n) is 3.58. The Morgan fingerprint density at radius 3 is 2.12 bits per heavy atom. The van der Waals surface area contributed by atoms with Crippen LogP contribution in [-0.2, 0) is 24.2 Å². The maximum atomic E-state index is 11.6. The van der Waals surface area contributed by atoms with E-state index in [1.807, 2.05) is 6.92 Å². The number of sulfone groups is 1. The molecule has 0 amide bonds. The van der Waals surface area contributed by atoms with E-state index in [0.717, 1.165) is 6.92 Å². The van der Waals surface area contributed by atoms with Crippen molar-refractivity contribution >= 4 is 20.9 Å². The Bertz CT molecular complexity index is 344. The van der Waals surface area contributed by atoms with Gasteiger partial charge in [0.15, 0.2) is 0 Å². The number of rotatable bonds is 6. The van der Waals surface area contributed by atoms with Gasteiger partial charge in [-0.15, -0.1) is 0 Å². The topological polar surface area (TPSA) is 77.5 Å². The van der Waals surface area contributed by atoms with Crippen molar-refractivity contribution in [3.63, 3.8) is 0 Å². The molecule has 0 aromatic carbocycles. The van der Waals surface area contributed by atoms with Crippen LogP contribution in [0.25, 0.3) is 0 Å². The fourth-order valence-electron chi connectivity index (χ4n) is 1.35. The maximum Gasteiger partial charge on any atom is 0.302 e. The van der Waals surface area contributed by atoms with Gasteiger partial charge in [-0.3, -0.25) is 9.59 Å². The number of hydrogen-bond donors (Lipinski definition) is 0. The molecule has 94 valence electrons. The van der Waals surface area contributed by atoms with Crippen molar-refractivity contribution in [1.82, 2.24) is 0 Å². The highest BCUT2D eigenvalue weighted by molar-refractivity contribution is 8.06. The van der Waals surface area contributed by atoms with Gasteiger partial charge < -0.3 is 4.74 Å². The Labute approximate surface area is 96.1 Å². The molecule has 16 heavy (non-hydrogen) atoms. The first-order valence-electron chi connectivity index (χ1n) is 5.20. The lowest BCUT2D eigenvalue weighted by Crippen LogP contribution is -2.28. The summed E-state index contributed by atoms with van der Waals surface area (Å²) in [6.45, 7) is 4.18. The zero-order valence-corrected chi connectivity index (χ0v) is 10.7. The number of carbonyl (C=O) groups is 2. The van der Waals surface area contributed by atoms with E-state index < -0.39 is 26.2 Å². The Balaban J connectivity index is 4.50. The highest BCUT2D eigenvalue weighted by Gasteiger charge is 2.28. The first-order chi connectivity index (χ1) is 7.32. The van der Waals surface area contributed by atoms with Crippen LogP contribution in [0.4, 0.5) is 0 Å². The highest BCUT2D eigenvalue weighted by Crippen LogP contribution is 2.14. The molecule has 0 aliphatic carbocycles. The molecule has 0 aromatic heterocycles. The van der Waals surface area contributed by atoms with Crippen molar-refractivity contribution < 1.29 is 22.7 Å². The summed E-state index contributed by atoms with van der Waals surface area (Å²) < 4.78 is 27.9. The van der Waals surface area contributed by atoms with Crippen molar-refractivity contribution in [2.24, 2.45) is 0 Å². The van der Waals surface area contributed by atoms with Crippen LogP contribution in [0.15, 0.2) is 0 Å². The zero-order chi connectivity index (χ0) is 12.8. The molecule has 0 heterocycles. The summed E-state index contributed by atoms with van der Waals surface area (Å²) in [5.41, 5.74) is 0. The molecule has 1 atom stereocenters. The van der Waals surface area contributed by atoms with Gasteiger partial charge >= 0.3 is 5.97 Å². The summed E-state index contributed by atoms with van der Waals surface area (Å²) in [5.74, 6) is -0.449. The van der Waals surface area contributed by atoms with Crippen molar-refractivity contribution in [2.75, 3.05) is 6.61 Å². The molecule has 0 aliphatic heterocycles. The van der Waals surface area contributed by atoms with Crippen LogP contribution in [0.2, 0.25) is 0 Å². The summed E-state index contributed by atoms with van der Waals surface area (Å²) in [6, 6.07) is 0. The van der Waals surface area contributed by atoms with Crippen LogP contribution in [0.1, 0.15) is 40.0 Å². The predicted molar refractivity (Wildman–Crippen MR) is 59.5 cm³/mol. The van der Waals surface area contributed by atoms with E-state index in [0.29, 0.717) is 12.8 Å². The van der Waals surface area contributed by atoms with Gasteiger partial charge in [-0.05, 0) is 12.8 Å². The van der Waals surface area contributed by atoms with E-state index in [9.17, 15) is 18.0 Å². The van der Waals surface area contributed by atoms with Crippen LogP contribution in [0, 0.1) is 0 Å². The second kappa shape index (κ2) is 6.62. The molecule has 0 bridgehead atoms. The van der Waals surface area contributed by atoms with Gasteiger partial charge in [-0.2, -0.15) is 0 Å². The molecule has 0 saturated carbocycles. The molecule has 0 aromatic rings. The van der Waals surface area contributed by atoms with Gasteiger partial charge in [-0.25, -0.2) is 8.42 Å². The lowest BCUT2D eigenvalue weighted by Gasteiger charge is -2.14. The van der Waals surface area contributed by atoms with Crippen LogP contribution in [0.5, 0.6) is 0 Å². The second-order valence-corrected chi connectivity index (χ2v) is 5.91. The summed E-state index contributed by atoms with van der Waals surface area (Å²) in [5, 5.41) is -1.57. The molecule has 0 fully saturated rings. The van der Waals surface area contributed by atoms with E-state index in [-0.39, 0.29) is 13.0 Å². The monoisotopic (exact) mass is 250 g/mol. The van der Waals surface area contributed by atoms with Crippen LogP contribution >= 0.6 is 0 Å². The minimum Gasteiger partial charge on any atom is -0.466 e. The third kappa shape index (κ3) is 4.74. The average molecular weight is 250 g/mol. The van der Waals surface area contributed by atoms with E-state index >= 15 is 0 Å². The van der Waals surface area contributed by atoms with Gasteiger partial charge in [0, 0.05) is 13.8 Å². The van der Waals surface area contributed by atoms with Gasteiger partial charge in [0.05, 0.1) is 11.9 Å². The molecule has 1 unspecified atom stereocenters.